The number of hydrogen-bond donors (Lipinski definition) is 0. The quantitative estimate of drug-likeness (QED) is 0.824. The second kappa shape index (κ2) is 5.54. The molecule has 0 aliphatic heterocycles. The monoisotopic (exact) mass is 324 g/mol. The van der Waals surface area contributed by atoms with Gasteiger partial charge in [-0.15, -0.1) is 5.10 Å². The molecule has 0 N–H and O–H groups in total. The van der Waals surface area contributed by atoms with Crippen LogP contribution in [0, 0.1) is 0 Å². The Kier molecular flexibility index (Phi) is 4.15. The fraction of sp³-hybridized carbons (Fsp3) is 0.250. The highest BCUT2D eigenvalue weighted by atomic mass is 35.5. The lowest BCUT2D eigenvalue weighted by Gasteiger charge is -2.13. The first-order chi connectivity index (χ1) is 9.32. The lowest BCUT2D eigenvalue weighted by atomic mass is 10.2. The molecule has 0 saturated carbocycles. The molecule has 0 aliphatic rings. The van der Waals surface area contributed by atoms with Crippen molar-refractivity contribution in [2.24, 2.45) is 0 Å². The maximum Gasteiger partial charge on any atom is 0.416 e. The maximum atomic E-state index is 12.6. The highest BCUT2D eigenvalue weighted by molar-refractivity contribution is 6.37. The molecule has 20 heavy (non-hydrogen) atoms. The molecule has 0 fully saturated rings. The van der Waals surface area contributed by atoms with Crippen LogP contribution in [0.2, 0.25) is 10.0 Å². The van der Waals surface area contributed by atoms with Crippen LogP contribution in [-0.2, 0) is 12.6 Å². The lowest BCUT2D eigenvalue weighted by Crippen LogP contribution is -2.12. The molecular weight excluding hydrogens is 316 g/mol. The van der Waals surface area contributed by atoms with Gasteiger partial charge in [0.15, 0.2) is 5.75 Å². The molecule has 1 aromatic heterocycles. The van der Waals surface area contributed by atoms with E-state index in [2.05, 4.69) is 5.10 Å². The fourth-order valence-electron chi connectivity index (χ4n) is 1.55. The predicted molar refractivity (Wildman–Crippen MR) is 69.1 cm³/mol. The van der Waals surface area contributed by atoms with Crippen molar-refractivity contribution in [2.45, 2.75) is 19.5 Å². The lowest BCUT2D eigenvalue weighted by molar-refractivity contribution is -0.137. The highest BCUT2D eigenvalue weighted by Crippen LogP contribution is 2.39. The Morgan fingerprint density at radius 2 is 1.85 bits per heavy atom. The molecule has 0 spiro atoms. The first kappa shape index (κ1) is 15.0. The summed E-state index contributed by atoms with van der Waals surface area (Å²) in [5, 5.41) is 3.42. The number of rotatable bonds is 3. The van der Waals surface area contributed by atoms with E-state index in [1.54, 1.807) is 6.07 Å². The number of hydrogen-bond acceptors (Lipinski definition) is 2. The third kappa shape index (κ3) is 3.02. The van der Waals surface area contributed by atoms with Gasteiger partial charge in [-0.3, -0.25) is 0 Å². The summed E-state index contributed by atoms with van der Waals surface area (Å²) in [7, 11) is 0. The van der Waals surface area contributed by atoms with Crippen LogP contribution in [0.4, 0.5) is 13.2 Å². The highest BCUT2D eigenvalue weighted by Gasteiger charge is 2.32. The van der Waals surface area contributed by atoms with E-state index in [-0.39, 0.29) is 15.8 Å². The minimum atomic E-state index is -4.52. The number of aryl methyl sites for hydroxylation is 1. The van der Waals surface area contributed by atoms with Crippen LogP contribution in [-0.4, -0.2) is 9.94 Å². The van der Waals surface area contributed by atoms with Crippen molar-refractivity contribution in [3.8, 4) is 5.75 Å². The molecule has 1 aromatic carbocycles. The molecule has 0 aliphatic carbocycles. The second-order valence-corrected chi connectivity index (χ2v) is 4.72. The summed E-state index contributed by atoms with van der Waals surface area (Å²) in [6.07, 6.45) is -2.38. The summed E-state index contributed by atoms with van der Waals surface area (Å²) < 4.78 is 37.8. The van der Waals surface area contributed by atoms with Gasteiger partial charge in [-0.2, -0.15) is 13.2 Å². The summed E-state index contributed by atoms with van der Waals surface area (Å²) in [6, 6.07) is 3.24. The summed E-state index contributed by atoms with van der Waals surface area (Å²) in [5.41, 5.74) is -0.201. The zero-order valence-electron chi connectivity index (χ0n) is 10.2. The van der Waals surface area contributed by atoms with E-state index in [9.17, 15) is 13.2 Å². The van der Waals surface area contributed by atoms with Crippen LogP contribution in [0.5, 0.6) is 5.75 Å². The normalized spacial score (nSPS) is 11.7. The first-order valence-electron chi connectivity index (χ1n) is 5.60. The Morgan fingerprint density at radius 1 is 1.25 bits per heavy atom. The molecule has 1 heterocycles. The SMILES string of the molecule is CCc1ccnn1Oc1c(Cl)cc(C(F)(F)F)cc1Cl. The van der Waals surface area contributed by atoms with Crippen LogP contribution in [0.25, 0.3) is 0 Å². The minimum absolute atomic E-state index is 0.0697. The molecule has 2 aromatic rings. The van der Waals surface area contributed by atoms with Gasteiger partial charge in [0, 0.05) is 0 Å². The third-order valence-corrected chi connectivity index (χ3v) is 3.11. The molecule has 0 amide bonds. The predicted octanol–water partition coefficient (Wildman–Crippen LogP) is 4.61. The van der Waals surface area contributed by atoms with Gasteiger partial charge in [0.05, 0.1) is 27.5 Å². The average Bonchev–Trinajstić information content (AvgIpc) is 2.79. The molecule has 0 saturated heterocycles. The molecular formula is C12H9Cl2F3N2O. The largest absolute Gasteiger partial charge is 0.416 e. The van der Waals surface area contributed by atoms with E-state index in [1.807, 2.05) is 6.92 Å². The first-order valence-corrected chi connectivity index (χ1v) is 6.36. The van der Waals surface area contributed by atoms with Crippen molar-refractivity contribution in [3.05, 3.63) is 45.7 Å². The number of aromatic nitrogens is 2. The number of alkyl halides is 3. The Balaban J connectivity index is 2.39. The maximum absolute atomic E-state index is 12.6. The molecule has 0 unspecified atom stereocenters. The summed E-state index contributed by atoms with van der Waals surface area (Å²) in [5.74, 6) is -0.0697. The number of benzene rings is 1. The van der Waals surface area contributed by atoms with Gasteiger partial charge in [-0.25, -0.2) is 0 Å². The number of nitrogens with zero attached hydrogens (tertiary/aromatic N) is 2. The van der Waals surface area contributed by atoms with Crippen molar-refractivity contribution in [1.29, 1.82) is 0 Å². The van der Waals surface area contributed by atoms with Gasteiger partial charge in [0.25, 0.3) is 0 Å². The molecule has 0 bridgehead atoms. The van der Waals surface area contributed by atoms with Crippen molar-refractivity contribution < 1.29 is 18.0 Å². The molecule has 0 atom stereocenters. The Bertz CT molecular complexity index is 602. The standard InChI is InChI=1S/C12H9Cl2F3N2O/c1-2-8-3-4-18-19(8)20-11-9(13)5-7(6-10(11)14)12(15,16)17/h3-6H,2H2,1H3. The van der Waals surface area contributed by atoms with Gasteiger partial charge in [-0.05, 0) is 24.6 Å². The van der Waals surface area contributed by atoms with E-state index >= 15 is 0 Å². The third-order valence-electron chi connectivity index (χ3n) is 2.55. The van der Waals surface area contributed by atoms with Crippen LogP contribution in [0.15, 0.2) is 24.4 Å². The van der Waals surface area contributed by atoms with Gasteiger partial charge in [0.1, 0.15) is 0 Å². The van der Waals surface area contributed by atoms with Gasteiger partial charge in [0.2, 0.25) is 0 Å². The second-order valence-electron chi connectivity index (χ2n) is 3.91. The molecule has 3 nitrogen and oxygen atoms in total. The van der Waals surface area contributed by atoms with E-state index in [0.29, 0.717) is 6.42 Å². The van der Waals surface area contributed by atoms with Crippen LogP contribution in [0.3, 0.4) is 0 Å². The fourth-order valence-corrected chi connectivity index (χ4v) is 2.11. The topological polar surface area (TPSA) is 27.1 Å². The van der Waals surface area contributed by atoms with E-state index in [4.69, 9.17) is 28.0 Å². The molecule has 8 heteroatoms. The Morgan fingerprint density at radius 3 is 2.35 bits per heavy atom. The molecule has 108 valence electrons. The average molecular weight is 325 g/mol. The van der Waals surface area contributed by atoms with Crippen molar-refractivity contribution in [1.82, 2.24) is 9.94 Å². The Hall–Kier alpha value is -1.40. The molecule has 2 rings (SSSR count). The summed E-state index contributed by atoms with van der Waals surface area (Å²) in [6.45, 7) is 1.88. The van der Waals surface area contributed by atoms with Crippen LogP contribution >= 0.6 is 23.2 Å². The smallest absolute Gasteiger partial charge is 0.355 e. The molecule has 0 radical (unpaired) electrons. The zero-order valence-corrected chi connectivity index (χ0v) is 11.7. The van der Waals surface area contributed by atoms with Crippen LogP contribution < -0.4 is 4.84 Å². The van der Waals surface area contributed by atoms with Crippen LogP contribution in [0.1, 0.15) is 18.2 Å². The van der Waals surface area contributed by atoms with E-state index < -0.39 is 11.7 Å². The minimum Gasteiger partial charge on any atom is -0.355 e. The summed E-state index contributed by atoms with van der Waals surface area (Å²) >= 11 is 11.6. The van der Waals surface area contributed by atoms with E-state index in [0.717, 1.165) is 17.8 Å². The van der Waals surface area contributed by atoms with Crippen molar-refractivity contribution in [3.63, 3.8) is 0 Å². The zero-order chi connectivity index (χ0) is 14.9. The van der Waals surface area contributed by atoms with Gasteiger partial charge in [-0.1, -0.05) is 35.0 Å². The Labute approximate surface area is 122 Å². The van der Waals surface area contributed by atoms with Gasteiger partial charge < -0.3 is 4.84 Å². The summed E-state index contributed by atoms with van der Waals surface area (Å²) in [4.78, 5) is 6.51. The van der Waals surface area contributed by atoms with Crippen molar-refractivity contribution in [2.75, 3.05) is 0 Å². The van der Waals surface area contributed by atoms with Crippen molar-refractivity contribution >= 4 is 23.2 Å². The van der Waals surface area contributed by atoms with E-state index in [1.165, 1.54) is 11.0 Å². The number of halogens is 5. The van der Waals surface area contributed by atoms with Gasteiger partial charge >= 0.3 is 6.18 Å².